The summed E-state index contributed by atoms with van der Waals surface area (Å²) in [5, 5.41) is 6.78. The number of nitrogens with zero attached hydrogens (tertiary/aromatic N) is 1. The highest BCUT2D eigenvalue weighted by Gasteiger charge is 1.93. The van der Waals surface area contributed by atoms with Crippen molar-refractivity contribution in [3.05, 3.63) is 6.67 Å². The van der Waals surface area contributed by atoms with Crippen molar-refractivity contribution in [1.82, 2.24) is 10.6 Å². The Kier molecular flexibility index (Phi) is 0.862. The van der Waals surface area contributed by atoms with Gasteiger partial charge in [-0.15, -0.1) is 0 Å². The van der Waals surface area contributed by atoms with Gasteiger partial charge in [0.05, 0.1) is 0 Å². The highest BCUT2D eigenvalue weighted by molar-refractivity contribution is 4.66. The number of hydrogen-bond acceptors (Lipinski definition) is 1. The van der Waals surface area contributed by atoms with Gasteiger partial charge in [-0.25, -0.2) is 5.32 Å². The molecule has 1 saturated heterocycles. The molecule has 0 aromatic rings. The van der Waals surface area contributed by atoms with Gasteiger partial charge in [-0.2, -0.15) is 0 Å². The second-order valence-corrected chi connectivity index (χ2v) is 0.989. The molecule has 2 heteroatoms. The van der Waals surface area contributed by atoms with E-state index in [4.69, 9.17) is 0 Å². The van der Waals surface area contributed by atoms with E-state index in [1.807, 2.05) is 0 Å². The summed E-state index contributed by atoms with van der Waals surface area (Å²) in [5.41, 5.74) is 0. The van der Waals surface area contributed by atoms with Crippen LogP contribution in [-0.2, 0) is 0 Å². The van der Waals surface area contributed by atoms with Crippen LogP contribution in [0.4, 0.5) is 0 Å². The zero-order valence-corrected chi connectivity index (χ0v) is 2.94. The monoisotopic (exact) mass is 70.1 g/mol. The Morgan fingerprint density at radius 1 is 1.80 bits per heavy atom. The van der Waals surface area contributed by atoms with Crippen LogP contribution in [-0.4, -0.2) is 13.1 Å². The maximum absolute atomic E-state index is 3.85. The Balaban J connectivity index is 2.08. The van der Waals surface area contributed by atoms with Crippen LogP contribution in [0.3, 0.4) is 0 Å². The van der Waals surface area contributed by atoms with Crippen LogP contribution in [0, 0.1) is 6.67 Å². The van der Waals surface area contributed by atoms with E-state index in [0.717, 1.165) is 13.1 Å². The molecular weight excluding hydrogens is 64.0 g/mol. The molecule has 1 N–H and O–H groups in total. The Hall–Kier alpha value is -0.0800. The van der Waals surface area contributed by atoms with Gasteiger partial charge in [-0.1, -0.05) is 0 Å². The van der Waals surface area contributed by atoms with Crippen LogP contribution in [0.25, 0.3) is 0 Å². The predicted molar refractivity (Wildman–Crippen MR) is 19.3 cm³/mol. The van der Waals surface area contributed by atoms with E-state index < -0.39 is 0 Å². The lowest BCUT2D eigenvalue weighted by molar-refractivity contribution is 0.924. The van der Waals surface area contributed by atoms with Crippen LogP contribution in [0.1, 0.15) is 0 Å². The molecule has 1 rings (SSSR count). The van der Waals surface area contributed by atoms with Crippen molar-refractivity contribution in [2.45, 2.75) is 0 Å². The number of rotatable bonds is 0. The molecule has 0 saturated carbocycles. The molecule has 0 aromatic heterocycles. The van der Waals surface area contributed by atoms with E-state index in [2.05, 4.69) is 10.6 Å². The number of nitrogens with one attached hydrogen (secondary N) is 1. The van der Waals surface area contributed by atoms with Gasteiger partial charge in [-0.05, 0) is 0 Å². The molecule has 2 nitrogen and oxygen atoms in total. The largest absolute Gasteiger partial charge is 0.297 e. The van der Waals surface area contributed by atoms with Gasteiger partial charge in [-0.3, -0.25) is 5.32 Å². The molecule has 0 aromatic carbocycles. The van der Waals surface area contributed by atoms with Crippen LogP contribution < -0.4 is 10.6 Å². The highest BCUT2D eigenvalue weighted by atomic mass is 15.1. The average molecular weight is 70.1 g/mol. The van der Waals surface area contributed by atoms with Gasteiger partial charge < -0.3 is 0 Å². The molecule has 0 aliphatic carbocycles. The SMILES string of the molecule is [CH]1[N]CCN1. The topological polar surface area (TPSA) is 26.1 Å². The van der Waals surface area contributed by atoms with Gasteiger partial charge in [0.15, 0.2) is 0 Å². The molecular formula is C3H6N2. The molecule has 1 heterocycles. The fourth-order valence-electron chi connectivity index (χ4n) is 0.323. The summed E-state index contributed by atoms with van der Waals surface area (Å²) in [6.07, 6.45) is 0. The molecule has 1 fully saturated rings. The Bertz CT molecular complexity index is 16.5. The predicted octanol–water partition coefficient (Wildman–Crippen LogP) is -0.687. The highest BCUT2D eigenvalue weighted by Crippen LogP contribution is 1.72. The zero-order chi connectivity index (χ0) is 3.54. The summed E-state index contributed by atoms with van der Waals surface area (Å²) in [6, 6.07) is 0. The fourth-order valence-corrected chi connectivity index (χ4v) is 0.323. The first-order valence-corrected chi connectivity index (χ1v) is 1.72. The van der Waals surface area contributed by atoms with Crippen molar-refractivity contribution in [3.63, 3.8) is 0 Å². The van der Waals surface area contributed by atoms with Crippen molar-refractivity contribution < 1.29 is 0 Å². The molecule has 0 atom stereocenters. The van der Waals surface area contributed by atoms with Crippen LogP contribution in [0.15, 0.2) is 0 Å². The van der Waals surface area contributed by atoms with E-state index in [9.17, 15) is 0 Å². The lowest BCUT2D eigenvalue weighted by Crippen LogP contribution is -2.00. The Morgan fingerprint density at radius 2 is 2.80 bits per heavy atom. The van der Waals surface area contributed by atoms with Crippen molar-refractivity contribution in [2.75, 3.05) is 13.1 Å². The van der Waals surface area contributed by atoms with E-state index in [1.165, 1.54) is 0 Å². The Morgan fingerprint density at radius 3 is 3.00 bits per heavy atom. The fraction of sp³-hybridized carbons (Fsp3) is 0.667. The first-order valence-electron chi connectivity index (χ1n) is 1.72. The van der Waals surface area contributed by atoms with Crippen molar-refractivity contribution >= 4 is 0 Å². The van der Waals surface area contributed by atoms with Gasteiger partial charge in [0, 0.05) is 13.1 Å². The van der Waals surface area contributed by atoms with E-state index >= 15 is 0 Å². The lowest BCUT2D eigenvalue weighted by Gasteiger charge is -1.73. The first-order chi connectivity index (χ1) is 2.50. The van der Waals surface area contributed by atoms with E-state index in [-0.39, 0.29) is 0 Å². The molecule has 0 spiro atoms. The minimum atomic E-state index is 0.958. The summed E-state index contributed by atoms with van der Waals surface area (Å²) in [7, 11) is 0. The molecule has 28 valence electrons. The molecule has 0 unspecified atom stereocenters. The van der Waals surface area contributed by atoms with Crippen LogP contribution in [0.5, 0.6) is 0 Å². The lowest BCUT2D eigenvalue weighted by atomic mass is 10.7. The van der Waals surface area contributed by atoms with Crippen LogP contribution >= 0.6 is 0 Å². The quantitative estimate of drug-likeness (QED) is 0.401. The van der Waals surface area contributed by atoms with Gasteiger partial charge in [0.25, 0.3) is 0 Å². The van der Waals surface area contributed by atoms with Crippen molar-refractivity contribution in [2.24, 2.45) is 0 Å². The zero-order valence-electron chi connectivity index (χ0n) is 2.94. The summed E-state index contributed by atoms with van der Waals surface area (Å²) >= 11 is 0. The third-order valence-electron chi connectivity index (χ3n) is 0.568. The normalized spacial score (nSPS) is 24.0. The van der Waals surface area contributed by atoms with E-state index in [1.54, 1.807) is 6.67 Å². The third-order valence-corrected chi connectivity index (χ3v) is 0.568. The summed E-state index contributed by atoms with van der Waals surface area (Å²) in [5.74, 6) is 0. The number of hydrogen-bond donors (Lipinski definition) is 1. The molecule has 1 aliphatic heterocycles. The van der Waals surface area contributed by atoms with E-state index in [0.29, 0.717) is 0 Å². The van der Waals surface area contributed by atoms with Gasteiger partial charge in [0.1, 0.15) is 6.67 Å². The first kappa shape index (κ1) is 3.12. The standard InChI is InChI=1S/C3H6N2/c1-2-5-3-4-1/h3-4H,1-2H2. The van der Waals surface area contributed by atoms with Gasteiger partial charge in [0.2, 0.25) is 0 Å². The third kappa shape index (κ3) is 0.597. The molecule has 5 heavy (non-hydrogen) atoms. The second-order valence-electron chi connectivity index (χ2n) is 0.989. The Labute approximate surface area is 31.6 Å². The maximum Gasteiger partial charge on any atom is 0.104 e. The molecule has 0 amide bonds. The smallest absolute Gasteiger partial charge is 0.104 e. The molecule has 1 aliphatic rings. The van der Waals surface area contributed by atoms with Crippen LogP contribution in [0.2, 0.25) is 0 Å². The minimum Gasteiger partial charge on any atom is -0.297 e. The summed E-state index contributed by atoms with van der Waals surface area (Å²) in [4.78, 5) is 0. The molecule has 2 radical (unpaired) electrons. The second kappa shape index (κ2) is 1.38. The molecule has 0 bridgehead atoms. The average Bonchev–Trinajstić information content (AvgIpc) is 1.76. The maximum atomic E-state index is 3.85. The van der Waals surface area contributed by atoms with Crippen molar-refractivity contribution in [3.8, 4) is 0 Å². The minimum absolute atomic E-state index is 0.958. The van der Waals surface area contributed by atoms with Crippen molar-refractivity contribution in [1.29, 1.82) is 0 Å². The summed E-state index contributed by atoms with van der Waals surface area (Å²) in [6.45, 7) is 3.72. The van der Waals surface area contributed by atoms with Gasteiger partial charge >= 0.3 is 0 Å². The summed E-state index contributed by atoms with van der Waals surface area (Å²) < 4.78 is 0.